The minimum Gasteiger partial charge on any atom is -0.506 e. The lowest BCUT2D eigenvalue weighted by Crippen LogP contribution is -2.57. The van der Waals surface area contributed by atoms with Crippen LogP contribution in [0.2, 0.25) is 0 Å². The van der Waals surface area contributed by atoms with Crippen LogP contribution in [0.5, 0.6) is 5.75 Å². The third-order valence-corrected chi connectivity index (χ3v) is 9.61. The number of carbonyl (C=O) groups is 2. The first-order valence-corrected chi connectivity index (χ1v) is 17.9. The third-order valence-electron chi connectivity index (χ3n) is 9.61. The fourth-order valence-corrected chi connectivity index (χ4v) is 6.49. The monoisotopic (exact) mass is 765 g/mol. The van der Waals surface area contributed by atoms with E-state index in [2.05, 4.69) is 21.4 Å². The molecule has 8 nitrogen and oxygen atoms in total. The molecule has 2 aromatic carbocycles. The number of rotatable bonds is 15. The van der Waals surface area contributed by atoms with Gasteiger partial charge in [-0.05, 0) is 113 Å². The number of halogens is 7. The van der Waals surface area contributed by atoms with E-state index in [9.17, 15) is 45.4 Å². The SMILES string of the molecule is CCC=C(NC(C)=NCC(=N)CC(=Nc1ccccc1O)C(=O)C1CCC1Cc1c(C)cc(C2CC2)cc1C(=O)NC(C)C)C(F)(C(F)(F)F)C(F)(F)F. The summed E-state index contributed by atoms with van der Waals surface area (Å²) in [4.78, 5) is 35.8. The van der Waals surface area contributed by atoms with Crippen molar-refractivity contribution >= 4 is 34.6 Å². The van der Waals surface area contributed by atoms with Gasteiger partial charge in [-0.25, -0.2) is 9.38 Å². The number of para-hydroxylation sites is 2. The number of amides is 1. The number of nitrogens with zero attached hydrogens (tertiary/aromatic N) is 2. The first-order chi connectivity index (χ1) is 25.2. The zero-order valence-electron chi connectivity index (χ0n) is 30.8. The van der Waals surface area contributed by atoms with E-state index in [1.807, 2.05) is 26.8 Å². The summed E-state index contributed by atoms with van der Waals surface area (Å²) in [7, 11) is 0. The van der Waals surface area contributed by atoms with Crippen LogP contribution in [0.4, 0.5) is 36.4 Å². The molecule has 15 heteroatoms. The van der Waals surface area contributed by atoms with Gasteiger partial charge in [-0.1, -0.05) is 31.2 Å². The van der Waals surface area contributed by atoms with Gasteiger partial charge in [-0.2, -0.15) is 26.3 Å². The number of amidine groups is 1. The zero-order chi connectivity index (χ0) is 40.2. The number of aryl methyl sites for hydroxylation is 1. The summed E-state index contributed by atoms with van der Waals surface area (Å²) in [6.45, 7) is 7.39. The first-order valence-electron chi connectivity index (χ1n) is 17.9. The fourth-order valence-electron chi connectivity index (χ4n) is 6.49. The topological polar surface area (TPSA) is 127 Å². The summed E-state index contributed by atoms with van der Waals surface area (Å²) in [6, 6.07) is 9.92. The van der Waals surface area contributed by atoms with Gasteiger partial charge in [0.25, 0.3) is 5.91 Å². The number of carbonyl (C=O) groups excluding carboxylic acids is 2. The summed E-state index contributed by atoms with van der Waals surface area (Å²) in [5.41, 5.74) is -4.33. The van der Waals surface area contributed by atoms with E-state index in [4.69, 9.17) is 5.41 Å². The molecule has 2 unspecified atom stereocenters. The lowest BCUT2D eigenvalue weighted by molar-refractivity contribution is -0.327. The molecule has 0 radical (unpaired) electrons. The van der Waals surface area contributed by atoms with E-state index in [0.717, 1.165) is 36.5 Å². The lowest BCUT2D eigenvalue weighted by Gasteiger charge is -2.36. The molecular weight excluding hydrogens is 719 g/mol. The van der Waals surface area contributed by atoms with Crippen LogP contribution in [-0.4, -0.2) is 64.7 Å². The zero-order valence-corrected chi connectivity index (χ0v) is 30.8. The van der Waals surface area contributed by atoms with Crippen molar-refractivity contribution in [2.24, 2.45) is 21.8 Å². The molecule has 4 rings (SSSR count). The highest BCUT2D eigenvalue weighted by atomic mass is 19.4. The van der Waals surface area contributed by atoms with Crippen LogP contribution >= 0.6 is 0 Å². The summed E-state index contributed by atoms with van der Waals surface area (Å²) in [6.07, 6.45) is -9.27. The van der Waals surface area contributed by atoms with Crippen molar-refractivity contribution in [2.45, 2.75) is 110 Å². The quantitative estimate of drug-likeness (QED) is 0.0820. The van der Waals surface area contributed by atoms with Crippen molar-refractivity contribution in [3.8, 4) is 5.75 Å². The van der Waals surface area contributed by atoms with E-state index >= 15 is 0 Å². The Hall–Kier alpha value is -4.56. The molecule has 54 heavy (non-hydrogen) atoms. The second-order valence-electron chi connectivity index (χ2n) is 14.3. The van der Waals surface area contributed by atoms with Gasteiger partial charge in [0.15, 0.2) is 5.78 Å². The molecule has 0 bridgehead atoms. The van der Waals surface area contributed by atoms with Crippen LogP contribution in [0.15, 0.2) is 58.2 Å². The van der Waals surface area contributed by atoms with Gasteiger partial charge in [0.1, 0.15) is 11.4 Å². The van der Waals surface area contributed by atoms with Gasteiger partial charge in [-0.15, -0.1) is 0 Å². The average molecular weight is 766 g/mol. The fraction of sp³-hybridized carbons (Fsp3) is 0.513. The molecule has 2 aromatic rings. The van der Waals surface area contributed by atoms with E-state index in [1.54, 1.807) is 17.4 Å². The summed E-state index contributed by atoms with van der Waals surface area (Å²) < 4.78 is 95.5. The van der Waals surface area contributed by atoms with Crippen LogP contribution in [0.25, 0.3) is 0 Å². The summed E-state index contributed by atoms with van der Waals surface area (Å²) >= 11 is 0. The van der Waals surface area contributed by atoms with E-state index in [0.29, 0.717) is 36.8 Å². The van der Waals surface area contributed by atoms with Gasteiger partial charge in [-0.3, -0.25) is 14.6 Å². The van der Waals surface area contributed by atoms with Gasteiger partial charge in [0.2, 0.25) is 0 Å². The minimum atomic E-state index is -6.33. The summed E-state index contributed by atoms with van der Waals surface area (Å²) in [5, 5.41) is 23.7. The molecule has 294 valence electrons. The molecule has 2 atom stereocenters. The molecule has 0 aliphatic heterocycles. The molecule has 1 amide bonds. The third kappa shape index (κ3) is 9.75. The minimum absolute atomic E-state index is 0.0537. The first kappa shape index (κ1) is 42.2. The average Bonchev–Trinajstić information content (AvgIpc) is 3.90. The Morgan fingerprint density at radius 3 is 2.20 bits per heavy atom. The number of benzene rings is 2. The van der Waals surface area contributed by atoms with Crippen LogP contribution < -0.4 is 10.6 Å². The Morgan fingerprint density at radius 2 is 1.67 bits per heavy atom. The number of hydrogen-bond donors (Lipinski definition) is 4. The standard InChI is InChI=1S/C39H46F7N5O3/c1-6-9-34(37(40,38(41,42)43)39(44,45)46)50-23(5)48-20-27(47)19-32(51-31-10-7-8-11-33(31)52)35(53)28-15-14-25(28)17-29-22(4)16-26(24-12-13-24)18-30(29)36(54)49-21(2)3/h7-11,16,18,21,24-25,28,47,52H,6,12-15,17,19-20H2,1-5H3,(H,48,50)(H,49,54). The number of phenolic OH excluding ortho intramolecular Hbond substituents is 1. The number of aromatic hydroxyl groups is 1. The lowest BCUT2D eigenvalue weighted by atomic mass is 9.67. The molecule has 0 saturated heterocycles. The highest BCUT2D eigenvalue weighted by molar-refractivity contribution is 6.44. The normalized spacial score (nSPS) is 18.7. The molecule has 2 aliphatic rings. The number of phenols is 1. The van der Waals surface area contributed by atoms with Crippen LogP contribution in [0.1, 0.15) is 99.2 Å². The Kier molecular flexibility index (Phi) is 13.2. The Bertz CT molecular complexity index is 1810. The molecular formula is C39H46F7N5O3. The van der Waals surface area contributed by atoms with E-state index in [1.165, 1.54) is 19.1 Å². The van der Waals surface area contributed by atoms with Crippen molar-refractivity contribution in [1.29, 1.82) is 5.41 Å². The van der Waals surface area contributed by atoms with E-state index in [-0.39, 0.29) is 47.1 Å². The Balaban J connectivity index is 1.57. The number of alkyl halides is 7. The predicted octanol–water partition coefficient (Wildman–Crippen LogP) is 9.17. The maximum Gasteiger partial charge on any atom is 0.437 e. The number of Topliss-reactive ketones (excluding diaryl/α,β-unsaturated/α-hetero) is 1. The molecule has 2 aliphatic carbocycles. The van der Waals surface area contributed by atoms with E-state index < -0.39 is 54.2 Å². The van der Waals surface area contributed by atoms with Crippen molar-refractivity contribution in [3.05, 3.63) is 70.4 Å². The molecule has 0 spiro atoms. The number of allylic oxidation sites excluding steroid dienone is 2. The molecule has 2 fully saturated rings. The smallest absolute Gasteiger partial charge is 0.437 e. The maximum atomic E-state index is 14.8. The highest BCUT2D eigenvalue weighted by Crippen LogP contribution is 2.50. The number of ketones is 1. The second-order valence-corrected chi connectivity index (χ2v) is 14.3. The predicted molar refractivity (Wildman–Crippen MR) is 194 cm³/mol. The largest absolute Gasteiger partial charge is 0.506 e. The maximum absolute atomic E-state index is 14.8. The number of nitrogens with one attached hydrogen (secondary N) is 3. The van der Waals surface area contributed by atoms with Gasteiger partial charge >= 0.3 is 18.0 Å². The van der Waals surface area contributed by atoms with Crippen LogP contribution in [-0.2, 0) is 11.2 Å². The molecule has 0 heterocycles. The van der Waals surface area contributed by atoms with Crippen molar-refractivity contribution in [2.75, 3.05) is 6.54 Å². The number of hydrogen-bond acceptors (Lipinski definition) is 6. The summed E-state index contributed by atoms with van der Waals surface area (Å²) in [5.74, 6) is -1.65. The Morgan fingerprint density at radius 1 is 1.02 bits per heavy atom. The van der Waals surface area contributed by atoms with Crippen molar-refractivity contribution in [1.82, 2.24) is 10.6 Å². The molecule has 2 saturated carbocycles. The molecule has 4 N–H and O–H groups in total. The Labute approximate surface area is 309 Å². The highest BCUT2D eigenvalue weighted by Gasteiger charge is 2.74. The van der Waals surface area contributed by atoms with Crippen molar-refractivity contribution < 1.29 is 45.4 Å². The van der Waals surface area contributed by atoms with Gasteiger partial charge in [0, 0.05) is 29.7 Å². The van der Waals surface area contributed by atoms with Crippen molar-refractivity contribution in [3.63, 3.8) is 0 Å². The number of aliphatic imine (C=N–C) groups is 2. The van der Waals surface area contributed by atoms with Gasteiger partial charge in [0.05, 0.1) is 23.8 Å². The van der Waals surface area contributed by atoms with Crippen LogP contribution in [0.3, 0.4) is 0 Å². The van der Waals surface area contributed by atoms with Gasteiger partial charge < -0.3 is 21.1 Å². The second kappa shape index (κ2) is 16.8. The molecule has 0 aromatic heterocycles. The van der Waals surface area contributed by atoms with Crippen LogP contribution in [0, 0.1) is 24.2 Å².